The summed E-state index contributed by atoms with van der Waals surface area (Å²) in [6.45, 7) is 4.28. The van der Waals surface area contributed by atoms with Crippen molar-refractivity contribution in [2.45, 2.75) is 13.8 Å². The number of thiocarbonyl (C=S) groups is 1. The Balaban J connectivity index is 1.60. The van der Waals surface area contributed by atoms with E-state index in [1.54, 1.807) is 48.5 Å². The first-order chi connectivity index (χ1) is 15.0. The van der Waals surface area contributed by atoms with Crippen molar-refractivity contribution in [2.24, 2.45) is 0 Å². The van der Waals surface area contributed by atoms with E-state index in [0.29, 0.717) is 34.9 Å². The highest BCUT2D eigenvalue weighted by Crippen LogP contribution is 2.20. The van der Waals surface area contributed by atoms with Crippen LogP contribution in [-0.4, -0.2) is 23.5 Å². The summed E-state index contributed by atoms with van der Waals surface area (Å²) in [6.07, 6.45) is 0. The van der Waals surface area contributed by atoms with Gasteiger partial charge in [-0.05, 0) is 80.2 Å². The van der Waals surface area contributed by atoms with Crippen molar-refractivity contribution in [3.05, 3.63) is 89.5 Å². The summed E-state index contributed by atoms with van der Waals surface area (Å²) < 4.78 is 5.42. The Bertz CT molecular complexity index is 1100. The van der Waals surface area contributed by atoms with Crippen LogP contribution in [0.2, 0.25) is 0 Å². The molecule has 0 saturated heterocycles. The quantitative estimate of drug-likeness (QED) is 0.488. The van der Waals surface area contributed by atoms with E-state index in [-0.39, 0.29) is 16.9 Å². The molecular formula is C24H23N3O3S. The van der Waals surface area contributed by atoms with Gasteiger partial charge < -0.3 is 15.4 Å². The molecule has 3 aromatic rings. The Labute approximate surface area is 186 Å². The number of ether oxygens (including phenoxy) is 1. The zero-order valence-electron chi connectivity index (χ0n) is 17.3. The highest BCUT2D eigenvalue weighted by atomic mass is 32.1. The number of anilines is 2. The second-order valence-corrected chi connectivity index (χ2v) is 7.13. The van der Waals surface area contributed by atoms with Gasteiger partial charge in [-0.2, -0.15) is 0 Å². The first kappa shape index (κ1) is 22.0. The lowest BCUT2D eigenvalue weighted by atomic mass is 10.1. The predicted molar refractivity (Wildman–Crippen MR) is 127 cm³/mol. The molecule has 31 heavy (non-hydrogen) atoms. The molecule has 158 valence electrons. The molecule has 0 spiro atoms. The van der Waals surface area contributed by atoms with Crippen molar-refractivity contribution in [1.82, 2.24) is 5.32 Å². The van der Waals surface area contributed by atoms with Crippen LogP contribution in [0.15, 0.2) is 72.8 Å². The first-order valence-electron chi connectivity index (χ1n) is 9.78. The molecule has 0 aliphatic rings. The zero-order valence-corrected chi connectivity index (χ0v) is 18.1. The third kappa shape index (κ3) is 6.13. The minimum atomic E-state index is -0.331. The average molecular weight is 434 g/mol. The molecule has 0 bridgehead atoms. The van der Waals surface area contributed by atoms with Crippen LogP contribution in [0.3, 0.4) is 0 Å². The average Bonchev–Trinajstić information content (AvgIpc) is 2.76. The van der Waals surface area contributed by atoms with Gasteiger partial charge in [0.15, 0.2) is 5.11 Å². The van der Waals surface area contributed by atoms with Gasteiger partial charge >= 0.3 is 0 Å². The molecule has 0 fully saturated rings. The lowest BCUT2D eigenvalue weighted by Gasteiger charge is -2.13. The predicted octanol–water partition coefficient (Wildman–Crippen LogP) is 4.77. The standard InChI is InChI=1S/C24H23N3O3S/c1-3-30-20-11-7-10-18(15-20)23(29)27-24(31)25-19-12-13-21(16(2)14-19)26-22(28)17-8-5-4-6-9-17/h4-15H,3H2,1-2H3,(H,26,28)(H2,25,27,29,31). The molecule has 6 nitrogen and oxygen atoms in total. The van der Waals surface area contributed by atoms with Crippen molar-refractivity contribution in [2.75, 3.05) is 17.2 Å². The molecule has 3 rings (SSSR count). The first-order valence-corrected chi connectivity index (χ1v) is 10.2. The van der Waals surface area contributed by atoms with E-state index in [1.807, 2.05) is 38.1 Å². The van der Waals surface area contributed by atoms with E-state index in [9.17, 15) is 9.59 Å². The van der Waals surface area contributed by atoms with Crippen LogP contribution in [0.1, 0.15) is 33.2 Å². The molecule has 0 heterocycles. The van der Waals surface area contributed by atoms with Crippen molar-refractivity contribution in [3.63, 3.8) is 0 Å². The van der Waals surface area contributed by atoms with Crippen LogP contribution < -0.4 is 20.7 Å². The molecule has 0 unspecified atom stereocenters. The number of amides is 2. The van der Waals surface area contributed by atoms with Crippen molar-refractivity contribution >= 4 is 40.5 Å². The zero-order chi connectivity index (χ0) is 22.2. The fourth-order valence-corrected chi connectivity index (χ4v) is 3.11. The number of hydrogen-bond acceptors (Lipinski definition) is 4. The third-order valence-electron chi connectivity index (χ3n) is 4.40. The monoisotopic (exact) mass is 433 g/mol. The van der Waals surface area contributed by atoms with Gasteiger partial charge in [-0.25, -0.2) is 0 Å². The molecule has 3 N–H and O–H groups in total. The molecule has 2 amide bonds. The van der Waals surface area contributed by atoms with Gasteiger partial charge in [0.2, 0.25) is 0 Å². The van der Waals surface area contributed by atoms with E-state index in [1.165, 1.54) is 0 Å². The normalized spacial score (nSPS) is 10.1. The highest BCUT2D eigenvalue weighted by molar-refractivity contribution is 7.80. The SMILES string of the molecule is CCOc1cccc(C(=O)NC(=S)Nc2ccc(NC(=O)c3ccccc3)c(C)c2)c1. The second kappa shape index (κ2) is 10.4. The van der Waals surface area contributed by atoms with E-state index in [2.05, 4.69) is 16.0 Å². The van der Waals surface area contributed by atoms with Crippen LogP contribution in [-0.2, 0) is 0 Å². The van der Waals surface area contributed by atoms with Gasteiger partial charge in [0.1, 0.15) is 5.75 Å². The maximum atomic E-state index is 12.4. The maximum Gasteiger partial charge on any atom is 0.257 e. The van der Waals surface area contributed by atoms with Crippen LogP contribution in [0.5, 0.6) is 5.75 Å². The molecular weight excluding hydrogens is 410 g/mol. The maximum absolute atomic E-state index is 12.4. The van der Waals surface area contributed by atoms with Crippen LogP contribution in [0.4, 0.5) is 11.4 Å². The van der Waals surface area contributed by atoms with E-state index >= 15 is 0 Å². The molecule has 7 heteroatoms. The Kier molecular flexibility index (Phi) is 7.35. The summed E-state index contributed by atoms with van der Waals surface area (Å²) in [5, 5.41) is 8.72. The van der Waals surface area contributed by atoms with E-state index in [4.69, 9.17) is 17.0 Å². The minimum Gasteiger partial charge on any atom is -0.494 e. The number of nitrogens with one attached hydrogen (secondary N) is 3. The van der Waals surface area contributed by atoms with Gasteiger partial charge in [0, 0.05) is 22.5 Å². The van der Waals surface area contributed by atoms with Gasteiger partial charge in [-0.1, -0.05) is 24.3 Å². The van der Waals surface area contributed by atoms with Crippen molar-refractivity contribution in [3.8, 4) is 5.75 Å². The number of rotatable bonds is 6. The van der Waals surface area contributed by atoms with Crippen LogP contribution in [0.25, 0.3) is 0 Å². The molecule has 0 aliphatic carbocycles. The van der Waals surface area contributed by atoms with Crippen molar-refractivity contribution in [1.29, 1.82) is 0 Å². The molecule has 3 aromatic carbocycles. The summed E-state index contributed by atoms with van der Waals surface area (Å²) in [5.74, 6) is 0.113. The molecule has 0 radical (unpaired) electrons. The van der Waals surface area contributed by atoms with Gasteiger partial charge in [-0.15, -0.1) is 0 Å². The lowest BCUT2D eigenvalue weighted by molar-refractivity contribution is 0.0976. The second-order valence-electron chi connectivity index (χ2n) is 6.72. The highest BCUT2D eigenvalue weighted by Gasteiger charge is 2.11. The number of aryl methyl sites for hydroxylation is 1. The Morgan fingerprint density at radius 1 is 0.871 bits per heavy atom. The van der Waals surface area contributed by atoms with Crippen LogP contribution in [0, 0.1) is 6.92 Å². The summed E-state index contributed by atoms with van der Waals surface area (Å²) in [5.41, 5.74) is 3.28. The fourth-order valence-electron chi connectivity index (χ4n) is 2.90. The summed E-state index contributed by atoms with van der Waals surface area (Å²) in [6, 6.07) is 21.3. The minimum absolute atomic E-state index is 0.173. The Hall–Kier alpha value is -3.71. The number of benzene rings is 3. The van der Waals surface area contributed by atoms with Gasteiger partial charge in [0.25, 0.3) is 11.8 Å². The molecule has 0 atom stereocenters. The Morgan fingerprint density at radius 3 is 2.32 bits per heavy atom. The molecule has 0 aliphatic heterocycles. The smallest absolute Gasteiger partial charge is 0.257 e. The van der Waals surface area contributed by atoms with Gasteiger partial charge in [0.05, 0.1) is 6.61 Å². The number of hydrogen-bond donors (Lipinski definition) is 3. The summed E-state index contributed by atoms with van der Waals surface area (Å²) >= 11 is 5.26. The topological polar surface area (TPSA) is 79.5 Å². The lowest BCUT2D eigenvalue weighted by Crippen LogP contribution is -2.34. The Morgan fingerprint density at radius 2 is 1.61 bits per heavy atom. The summed E-state index contributed by atoms with van der Waals surface area (Å²) in [4.78, 5) is 24.8. The molecule has 0 aromatic heterocycles. The van der Waals surface area contributed by atoms with E-state index in [0.717, 1.165) is 5.56 Å². The van der Waals surface area contributed by atoms with Crippen LogP contribution >= 0.6 is 12.2 Å². The molecule has 0 saturated carbocycles. The number of carbonyl (C=O) groups excluding carboxylic acids is 2. The largest absolute Gasteiger partial charge is 0.494 e. The number of carbonyl (C=O) groups is 2. The van der Waals surface area contributed by atoms with Crippen molar-refractivity contribution < 1.29 is 14.3 Å². The van der Waals surface area contributed by atoms with E-state index < -0.39 is 0 Å². The van der Waals surface area contributed by atoms with Gasteiger partial charge in [-0.3, -0.25) is 14.9 Å². The third-order valence-corrected chi connectivity index (χ3v) is 4.61. The summed E-state index contributed by atoms with van der Waals surface area (Å²) in [7, 11) is 0. The fraction of sp³-hybridized carbons (Fsp3) is 0.125.